The molecule has 0 unspecified atom stereocenters. The fourth-order valence-corrected chi connectivity index (χ4v) is 4.56. The molecule has 36 heavy (non-hydrogen) atoms. The number of hydrogen-bond acceptors (Lipinski definition) is 9. The second-order valence-corrected chi connectivity index (χ2v) is 8.98. The van der Waals surface area contributed by atoms with E-state index in [2.05, 4.69) is 32.0 Å². The van der Waals surface area contributed by atoms with Gasteiger partial charge < -0.3 is 30.3 Å². The normalized spacial score (nSPS) is 17.4. The number of methoxy groups -OCH3 is 2. The third-order valence-corrected chi connectivity index (χ3v) is 6.52. The summed E-state index contributed by atoms with van der Waals surface area (Å²) in [5.41, 5.74) is 7.18. The van der Waals surface area contributed by atoms with Gasteiger partial charge in [0.2, 0.25) is 5.91 Å². The minimum atomic E-state index is 0.0171. The highest BCUT2D eigenvalue weighted by molar-refractivity contribution is 6.16. The molecule has 190 valence electrons. The maximum atomic E-state index is 12.4. The van der Waals surface area contributed by atoms with E-state index in [1.54, 1.807) is 32.4 Å². The molecule has 10 heteroatoms. The van der Waals surface area contributed by atoms with E-state index in [-0.39, 0.29) is 23.5 Å². The van der Waals surface area contributed by atoms with Crippen LogP contribution in [-0.2, 0) is 4.79 Å². The summed E-state index contributed by atoms with van der Waals surface area (Å²) in [5, 5.41) is 12.0. The van der Waals surface area contributed by atoms with Crippen molar-refractivity contribution in [2.45, 2.75) is 31.7 Å². The van der Waals surface area contributed by atoms with Crippen molar-refractivity contribution in [3.63, 3.8) is 0 Å². The Morgan fingerprint density at radius 2 is 1.89 bits per heavy atom. The van der Waals surface area contributed by atoms with Gasteiger partial charge in [-0.3, -0.25) is 10.2 Å². The summed E-state index contributed by atoms with van der Waals surface area (Å²) in [4.78, 5) is 25.1. The van der Waals surface area contributed by atoms with E-state index >= 15 is 0 Å². The topological polar surface area (TPSA) is 130 Å². The monoisotopic (exact) mass is 491 g/mol. The van der Waals surface area contributed by atoms with Gasteiger partial charge in [0.25, 0.3) is 0 Å². The average molecular weight is 492 g/mol. The number of anilines is 2. The Hall–Kier alpha value is -3.84. The zero-order chi connectivity index (χ0) is 25.5. The first-order valence-electron chi connectivity index (χ1n) is 12.2. The number of nitrogens with one attached hydrogen (secondary N) is 2. The number of carbonyl (C=O) groups is 1. The van der Waals surface area contributed by atoms with E-state index in [0.717, 1.165) is 52.0 Å². The summed E-state index contributed by atoms with van der Waals surface area (Å²) in [6, 6.07) is 5.43. The summed E-state index contributed by atoms with van der Waals surface area (Å²) >= 11 is 0. The van der Waals surface area contributed by atoms with Crippen LogP contribution in [0.4, 0.5) is 11.6 Å². The number of rotatable bonds is 8. The molecule has 0 bridgehead atoms. The number of ether oxygens (including phenoxy) is 2. The first-order valence-corrected chi connectivity index (χ1v) is 12.2. The Kier molecular flexibility index (Phi) is 8.23. The molecule has 1 atom stereocenters. The average Bonchev–Trinajstić information content (AvgIpc) is 3.58. The maximum absolute atomic E-state index is 12.4. The van der Waals surface area contributed by atoms with Crippen molar-refractivity contribution in [2.75, 3.05) is 58.0 Å². The van der Waals surface area contributed by atoms with Gasteiger partial charge in [-0.2, -0.15) is 0 Å². The van der Waals surface area contributed by atoms with Crippen molar-refractivity contribution in [1.29, 1.82) is 5.41 Å². The van der Waals surface area contributed by atoms with Gasteiger partial charge >= 0.3 is 0 Å². The molecule has 2 aromatic rings. The van der Waals surface area contributed by atoms with Gasteiger partial charge in [0.1, 0.15) is 35.2 Å². The fourth-order valence-electron chi connectivity index (χ4n) is 4.56. The second kappa shape index (κ2) is 11.7. The summed E-state index contributed by atoms with van der Waals surface area (Å²) in [5.74, 6) is 8.00. The fraction of sp³-hybridized carbons (Fsp3) is 0.462. The minimum absolute atomic E-state index is 0.0171. The summed E-state index contributed by atoms with van der Waals surface area (Å²) < 4.78 is 10.6. The maximum Gasteiger partial charge on any atom is 0.223 e. The molecule has 2 aliphatic heterocycles. The van der Waals surface area contributed by atoms with E-state index < -0.39 is 0 Å². The number of benzene rings is 1. The van der Waals surface area contributed by atoms with Crippen LogP contribution in [-0.4, -0.2) is 84.4 Å². The number of hydrogen-bond donors (Lipinski definition) is 3. The lowest BCUT2D eigenvalue weighted by molar-refractivity contribution is -0.130. The Labute approximate surface area is 211 Å². The second-order valence-electron chi connectivity index (χ2n) is 8.98. The molecule has 2 aliphatic rings. The van der Waals surface area contributed by atoms with E-state index in [9.17, 15) is 4.79 Å². The molecule has 3 heterocycles. The molecule has 10 nitrogen and oxygen atoms in total. The number of amides is 1. The molecule has 0 spiro atoms. The molecule has 1 amide bonds. The van der Waals surface area contributed by atoms with Crippen molar-refractivity contribution >= 4 is 23.3 Å². The molecule has 0 aliphatic carbocycles. The lowest BCUT2D eigenvalue weighted by atomic mass is 10.1. The summed E-state index contributed by atoms with van der Waals surface area (Å²) in [6.07, 6.45) is 5.06. The molecule has 4 rings (SSSR count). The van der Waals surface area contributed by atoms with E-state index in [1.807, 2.05) is 4.90 Å². The molecular weight excluding hydrogens is 458 g/mol. The van der Waals surface area contributed by atoms with Crippen LogP contribution in [0.5, 0.6) is 11.5 Å². The predicted molar refractivity (Wildman–Crippen MR) is 139 cm³/mol. The van der Waals surface area contributed by atoms with Crippen LogP contribution in [0.2, 0.25) is 0 Å². The Morgan fingerprint density at radius 3 is 2.58 bits per heavy atom. The number of nitrogen functional groups attached to an aromatic ring is 1. The lowest BCUT2D eigenvalue weighted by Crippen LogP contribution is -2.33. The number of aromatic nitrogens is 2. The molecule has 4 N–H and O–H groups in total. The van der Waals surface area contributed by atoms with Crippen molar-refractivity contribution in [2.24, 2.45) is 0 Å². The smallest absolute Gasteiger partial charge is 0.223 e. The Balaban J connectivity index is 1.40. The number of carbonyl (C=O) groups excluding carboxylic acids is 1. The van der Waals surface area contributed by atoms with Crippen LogP contribution < -0.4 is 20.5 Å². The van der Waals surface area contributed by atoms with Gasteiger partial charge in [-0.15, -0.1) is 0 Å². The SMILES string of the molecule is COc1cc(C#CC(=N)c2c(N)ncnc2N[C@H]2CCN(CCC(=O)N3CCCC3)C2)cc(OC)c1. The zero-order valence-electron chi connectivity index (χ0n) is 20.8. The van der Waals surface area contributed by atoms with Crippen molar-refractivity contribution in [1.82, 2.24) is 19.8 Å². The van der Waals surface area contributed by atoms with Gasteiger partial charge in [-0.05, 0) is 37.3 Å². The van der Waals surface area contributed by atoms with Crippen molar-refractivity contribution < 1.29 is 14.3 Å². The Morgan fingerprint density at radius 1 is 1.17 bits per heavy atom. The highest BCUT2D eigenvalue weighted by Gasteiger charge is 2.26. The van der Waals surface area contributed by atoms with Crippen LogP contribution in [0.15, 0.2) is 24.5 Å². The molecule has 2 fully saturated rings. The van der Waals surface area contributed by atoms with Crippen LogP contribution in [0.25, 0.3) is 0 Å². The molecule has 0 saturated carbocycles. The van der Waals surface area contributed by atoms with Crippen molar-refractivity contribution in [3.8, 4) is 23.3 Å². The van der Waals surface area contributed by atoms with Crippen LogP contribution in [0.1, 0.15) is 36.8 Å². The van der Waals surface area contributed by atoms with Gasteiger partial charge in [0, 0.05) is 56.8 Å². The van der Waals surface area contributed by atoms with E-state index in [4.69, 9.17) is 20.6 Å². The summed E-state index contributed by atoms with van der Waals surface area (Å²) in [6.45, 7) is 4.22. The van der Waals surface area contributed by atoms with Crippen LogP contribution >= 0.6 is 0 Å². The highest BCUT2D eigenvalue weighted by Crippen LogP contribution is 2.23. The first kappa shape index (κ1) is 25.3. The van der Waals surface area contributed by atoms with E-state index in [1.165, 1.54) is 6.33 Å². The standard InChI is InChI=1S/C26H33N7O3/c1-35-20-13-18(14-21(15-20)36-2)5-6-22(27)24-25(28)29-17-30-26(24)31-19-7-11-32(16-19)12-8-23(34)33-9-3-4-10-33/h13-15,17,19,27H,3-4,7-12,16H2,1-2H3,(H3,28,29,30,31)/t19-/m0/s1. The molecule has 0 radical (unpaired) electrons. The number of likely N-dealkylation sites (tertiary alicyclic amines) is 2. The highest BCUT2D eigenvalue weighted by atomic mass is 16.5. The predicted octanol–water partition coefficient (Wildman–Crippen LogP) is 1.99. The minimum Gasteiger partial charge on any atom is -0.497 e. The lowest BCUT2D eigenvalue weighted by Gasteiger charge is -2.20. The van der Waals surface area contributed by atoms with Gasteiger partial charge in [0.15, 0.2) is 0 Å². The Bertz CT molecular complexity index is 1150. The number of nitrogens with zero attached hydrogens (tertiary/aromatic N) is 4. The van der Waals surface area contributed by atoms with Gasteiger partial charge in [0.05, 0.1) is 19.8 Å². The number of nitrogens with two attached hydrogens (primary N) is 1. The largest absolute Gasteiger partial charge is 0.497 e. The van der Waals surface area contributed by atoms with Crippen LogP contribution in [0, 0.1) is 17.3 Å². The molecule has 1 aromatic carbocycles. The third kappa shape index (κ3) is 6.23. The molecule has 2 saturated heterocycles. The molecule has 1 aromatic heterocycles. The third-order valence-electron chi connectivity index (χ3n) is 6.52. The van der Waals surface area contributed by atoms with Crippen molar-refractivity contribution in [3.05, 3.63) is 35.7 Å². The zero-order valence-corrected chi connectivity index (χ0v) is 20.8. The van der Waals surface area contributed by atoms with Crippen LogP contribution in [0.3, 0.4) is 0 Å². The first-order chi connectivity index (χ1) is 17.5. The molecular formula is C26H33N7O3. The quantitative estimate of drug-likeness (QED) is 0.378. The summed E-state index contributed by atoms with van der Waals surface area (Å²) in [7, 11) is 3.15. The van der Waals surface area contributed by atoms with E-state index in [0.29, 0.717) is 34.9 Å². The van der Waals surface area contributed by atoms with Gasteiger partial charge in [-0.25, -0.2) is 9.97 Å². The van der Waals surface area contributed by atoms with Gasteiger partial charge in [-0.1, -0.05) is 5.92 Å².